The lowest BCUT2D eigenvalue weighted by molar-refractivity contribution is 0.0455. The molecule has 2 aromatic rings. The maximum atomic E-state index is 12.4. The molecule has 28 heavy (non-hydrogen) atoms. The van der Waals surface area contributed by atoms with Gasteiger partial charge in [-0.1, -0.05) is 35.3 Å². The molecule has 1 fully saturated rings. The molecule has 0 amide bonds. The number of esters is 1. The topological polar surface area (TPSA) is 68.0 Å². The highest BCUT2D eigenvalue weighted by atomic mass is 35.5. The number of nitrogens with two attached hydrogens (primary N) is 1. The van der Waals surface area contributed by atoms with E-state index in [2.05, 4.69) is 9.80 Å². The van der Waals surface area contributed by atoms with Gasteiger partial charge in [-0.2, -0.15) is 0 Å². The minimum absolute atomic E-state index is 0.269. The summed E-state index contributed by atoms with van der Waals surface area (Å²) in [4.78, 5) is 16.9. The number of benzene rings is 2. The summed E-state index contributed by atoms with van der Waals surface area (Å²) in [5, 5.41) is 1.06. The quantitative estimate of drug-likeness (QED) is 0.565. The summed E-state index contributed by atoms with van der Waals surface area (Å²) in [7, 11) is 1.47. The molecule has 1 aliphatic heterocycles. The van der Waals surface area contributed by atoms with E-state index in [1.165, 1.54) is 19.2 Å². The Morgan fingerprint density at radius 3 is 2.50 bits per heavy atom. The van der Waals surface area contributed by atoms with E-state index >= 15 is 0 Å². The highest BCUT2D eigenvalue weighted by molar-refractivity contribution is 6.33. The number of hydrogen-bond acceptors (Lipinski definition) is 6. The molecule has 1 saturated heterocycles. The molecule has 2 aromatic carbocycles. The molecule has 0 aliphatic carbocycles. The average molecular weight is 424 g/mol. The fourth-order valence-electron chi connectivity index (χ4n) is 3.16. The minimum Gasteiger partial charge on any atom is -0.496 e. The summed E-state index contributed by atoms with van der Waals surface area (Å²) >= 11 is 12.3. The Kier molecular flexibility index (Phi) is 6.88. The zero-order chi connectivity index (χ0) is 20.1. The van der Waals surface area contributed by atoms with Crippen molar-refractivity contribution in [3.05, 3.63) is 52.0 Å². The van der Waals surface area contributed by atoms with Crippen molar-refractivity contribution in [2.45, 2.75) is 0 Å². The Morgan fingerprint density at radius 1 is 1.11 bits per heavy atom. The van der Waals surface area contributed by atoms with Crippen molar-refractivity contribution in [2.24, 2.45) is 0 Å². The van der Waals surface area contributed by atoms with Crippen molar-refractivity contribution in [3.8, 4) is 5.75 Å². The second-order valence-corrected chi connectivity index (χ2v) is 7.30. The van der Waals surface area contributed by atoms with Gasteiger partial charge in [-0.05, 0) is 18.2 Å². The van der Waals surface area contributed by atoms with Gasteiger partial charge in [0.15, 0.2) is 0 Å². The van der Waals surface area contributed by atoms with Gasteiger partial charge in [0, 0.05) is 38.8 Å². The summed E-state index contributed by atoms with van der Waals surface area (Å²) in [6, 6.07) is 10.9. The fourth-order valence-corrected chi connectivity index (χ4v) is 3.58. The zero-order valence-electron chi connectivity index (χ0n) is 15.7. The van der Waals surface area contributed by atoms with E-state index in [0.29, 0.717) is 23.0 Å². The van der Waals surface area contributed by atoms with Crippen LogP contribution in [0.3, 0.4) is 0 Å². The van der Waals surface area contributed by atoms with Crippen molar-refractivity contribution in [3.63, 3.8) is 0 Å². The second-order valence-electron chi connectivity index (χ2n) is 6.49. The van der Waals surface area contributed by atoms with Gasteiger partial charge >= 0.3 is 5.97 Å². The number of ether oxygens (including phenoxy) is 2. The number of nitrogens with zero attached hydrogens (tertiary/aromatic N) is 2. The van der Waals surface area contributed by atoms with Crippen molar-refractivity contribution >= 4 is 40.5 Å². The first-order chi connectivity index (χ1) is 13.5. The molecule has 0 saturated carbocycles. The van der Waals surface area contributed by atoms with Crippen LogP contribution in [-0.4, -0.2) is 57.3 Å². The molecular weight excluding hydrogens is 401 g/mol. The lowest BCUT2D eigenvalue weighted by atomic mass is 10.2. The van der Waals surface area contributed by atoms with Crippen molar-refractivity contribution in [1.82, 2.24) is 4.90 Å². The highest BCUT2D eigenvalue weighted by Gasteiger charge is 2.20. The first kappa shape index (κ1) is 20.6. The molecule has 1 heterocycles. The maximum absolute atomic E-state index is 12.4. The number of anilines is 2. The van der Waals surface area contributed by atoms with Crippen molar-refractivity contribution in [1.29, 1.82) is 0 Å². The summed E-state index contributed by atoms with van der Waals surface area (Å²) in [5.74, 6) is -0.131. The fraction of sp³-hybridized carbons (Fsp3) is 0.350. The first-order valence-corrected chi connectivity index (χ1v) is 9.77. The Morgan fingerprint density at radius 2 is 1.82 bits per heavy atom. The number of halogens is 2. The molecule has 0 atom stereocenters. The molecular formula is C20H23Cl2N3O3. The Hall–Kier alpha value is -2.15. The van der Waals surface area contributed by atoms with Crippen LogP contribution in [0, 0.1) is 0 Å². The molecule has 0 radical (unpaired) electrons. The Labute approximate surface area is 174 Å². The molecule has 6 nitrogen and oxygen atoms in total. The largest absolute Gasteiger partial charge is 0.496 e. The van der Waals surface area contributed by atoms with Crippen LogP contribution in [-0.2, 0) is 4.74 Å². The number of nitrogen functional groups attached to an aromatic ring is 1. The number of rotatable bonds is 6. The van der Waals surface area contributed by atoms with Gasteiger partial charge in [-0.25, -0.2) is 4.79 Å². The third-order valence-electron chi connectivity index (χ3n) is 4.74. The van der Waals surface area contributed by atoms with Gasteiger partial charge < -0.3 is 20.1 Å². The Bertz CT molecular complexity index is 839. The monoisotopic (exact) mass is 423 g/mol. The standard InChI is InChI=1S/C20H23Cl2N3O3/c1-27-19-13-17(23)16(22)12-14(19)20(26)28-11-10-24-6-8-25(9-7-24)18-5-3-2-4-15(18)21/h2-5,12-13H,6-11,23H2,1H3. The molecule has 0 spiro atoms. The van der Waals surface area contributed by atoms with E-state index in [4.69, 9.17) is 38.4 Å². The number of hydrogen-bond donors (Lipinski definition) is 1. The molecule has 3 rings (SSSR count). The van der Waals surface area contributed by atoms with E-state index in [1.807, 2.05) is 24.3 Å². The lowest BCUT2D eigenvalue weighted by Gasteiger charge is -2.36. The molecule has 1 aliphatic rings. The number of para-hydroxylation sites is 1. The predicted molar refractivity (Wildman–Crippen MR) is 113 cm³/mol. The van der Waals surface area contributed by atoms with Gasteiger partial charge in [-0.15, -0.1) is 0 Å². The summed E-state index contributed by atoms with van der Waals surface area (Å²) < 4.78 is 10.6. The predicted octanol–water partition coefficient (Wildman–Crippen LogP) is 3.56. The lowest BCUT2D eigenvalue weighted by Crippen LogP contribution is -2.47. The highest BCUT2D eigenvalue weighted by Crippen LogP contribution is 2.29. The number of methoxy groups -OCH3 is 1. The van der Waals surface area contributed by atoms with Gasteiger partial charge in [0.25, 0.3) is 0 Å². The van der Waals surface area contributed by atoms with Crippen molar-refractivity contribution in [2.75, 3.05) is 57.1 Å². The summed E-state index contributed by atoms with van der Waals surface area (Å²) in [6.45, 7) is 4.45. The molecule has 0 bridgehead atoms. The smallest absolute Gasteiger partial charge is 0.342 e. The SMILES string of the molecule is COc1cc(N)c(Cl)cc1C(=O)OCCN1CCN(c2ccccc2Cl)CC1. The molecule has 150 valence electrons. The van der Waals surface area contributed by atoms with Crippen LogP contribution in [0.1, 0.15) is 10.4 Å². The number of piperazine rings is 1. The molecule has 8 heteroatoms. The van der Waals surface area contributed by atoms with E-state index in [-0.39, 0.29) is 12.2 Å². The van der Waals surface area contributed by atoms with Crippen LogP contribution < -0.4 is 15.4 Å². The summed E-state index contributed by atoms with van der Waals surface area (Å²) in [6.07, 6.45) is 0. The van der Waals surface area contributed by atoms with E-state index in [0.717, 1.165) is 36.9 Å². The molecule has 2 N–H and O–H groups in total. The van der Waals surface area contributed by atoms with Crippen LogP contribution in [0.5, 0.6) is 5.75 Å². The van der Waals surface area contributed by atoms with Crippen LogP contribution >= 0.6 is 23.2 Å². The van der Waals surface area contributed by atoms with Gasteiger partial charge in [0.2, 0.25) is 0 Å². The third-order valence-corrected chi connectivity index (χ3v) is 5.39. The third kappa shape index (κ3) is 4.82. The van der Waals surface area contributed by atoms with Crippen LogP contribution in [0.4, 0.5) is 11.4 Å². The zero-order valence-corrected chi connectivity index (χ0v) is 17.2. The number of carbonyl (C=O) groups excluding carboxylic acids is 1. The normalized spacial score (nSPS) is 14.8. The Balaban J connectivity index is 1.48. The van der Waals surface area contributed by atoms with Crippen LogP contribution in [0.15, 0.2) is 36.4 Å². The van der Waals surface area contributed by atoms with E-state index in [1.54, 1.807) is 0 Å². The molecule has 0 unspecified atom stereocenters. The van der Waals surface area contributed by atoms with Crippen LogP contribution in [0.2, 0.25) is 10.0 Å². The number of carbonyl (C=O) groups is 1. The first-order valence-electron chi connectivity index (χ1n) is 9.01. The average Bonchev–Trinajstić information content (AvgIpc) is 2.70. The maximum Gasteiger partial charge on any atom is 0.342 e. The van der Waals surface area contributed by atoms with Gasteiger partial charge in [-0.3, -0.25) is 4.90 Å². The molecule has 0 aromatic heterocycles. The van der Waals surface area contributed by atoms with E-state index < -0.39 is 5.97 Å². The minimum atomic E-state index is -0.478. The van der Waals surface area contributed by atoms with Crippen molar-refractivity contribution < 1.29 is 14.3 Å². The van der Waals surface area contributed by atoms with Gasteiger partial charge in [0.1, 0.15) is 17.9 Å². The second kappa shape index (κ2) is 9.37. The summed E-state index contributed by atoms with van der Waals surface area (Å²) in [5.41, 5.74) is 7.42. The van der Waals surface area contributed by atoms with Crippen LogP contribution in [0.25, 0.3) is 0 Å². The van der Waals surface area contributed by atoms with Gasteiger partial charge in [0.05, 0.1) is 28.5 Å². The van der Waals surface area contributed by atoms with E-state index in [9.17, 15) is 4.79 Å².